The Kier molecular flexibility index (Phi) is 3.28. The molecule has 0 radical (unpaired) electrons. The van der Waals surface area contributed by atoms with Crippen LogP contribution in [0.15, 0.2) is 27.1 Å². The van der Waals surface area contributed by atoms with E-state index in [4.69, 9.17) is 4.42 Å². The minimum atomic E-state index is -1.14. The summed E-state index contributed by atoms with van der Waals surface area (Å²) in [5.74, 6) is -1.28. The monoisotopic (exact) mass is 351 g/mol. The highest BCUT2D eigenvalue weighted by atomic mass is 79.9. The first-order valence-electron chi connectivity index (χ1n) is 6.67. The van der Waals surface area contributed by atoms with Crippen LogP contribution in [0.5, 0.6) is 0 Å². The van der Waals surface area contributed by atoms with Crippen molar-refractivity contribution in [3.05, 3.63) is 34.0 Å². The molecule has 0 saturated heterocycles. The summed E-state index contributed by atoms with van der Waals surface area (Å²) in [4.78, 5) is 23.7. The molecule has 0 unspecified atom stereocenters. The van der Waals surface area contributed by atoms with E-state index in [2.05, 4.69) is 21.2 Å². The first-order chi connectivity index (χ1) is 9.93. The van der Waals surface area contributed by atoms with Crippen LogP contribution in [0.1, 0.15) is 35.4 Å². The number of nitrogens with one attached hydrogen (secondary N) is 1. The van der Waals surface area contributed by atoms with Gasteiger partial charge in [0, 0.05) is 15.4 Å². The van der Waals surface area contributed by atoms with Crippen LogP contribution in [0.3, 0.4) is 0 Å². The highest BCUT2D eigenvalue weighted by Gasteiger charge is 2.46. The van der Waals surface area contributed by atoms with Crippen molar-refractivity contribution in [3.8, 4) is 0 Å². The summed E-state index contributed by atoms with van der Waals surface area (Å²) in [6.07, 6.45) is 1.72. The number of fused-ring (bicyclic) bond motifs is 1. The van der Waals surface area contributed by atoms with Crippen molar-refractivity contribution in [2.75, 3.05) is 0 Å². The summed E-state index contributed by atoms with van der Waals surface area (Å²) in [6, 6.07) is 5.48. The Hall–Kier alpha value is -1.82. The lowest BCUT2D eigenvalue weighted by atomic mass is 9.76. The van der Waals surface area contributed by atoms with Gasteiger partial charge in [-0.05, 0) is 44.4 Å². The molecule has 0 aliphatic heterocycles. The molecule has 110 valence electrons. The highest BCUT2D eigenvalue weighted by Crippen LogP contribution is 2.33. The zero-order valence-corrected chi connectivity index (χ0v) is 13.0. The summed E-state index contributed by atoms with van der Waals surface area (Å²) in [5, 5.41) is 12.7. The molecule has 1 amide bonds. The minimum Gasteiger partial charge on any atom is -0.480 e. The zero-order chi connectivity index (χ0) is 15.2. The van der Waals surface area contributed by atoms with Gasteiger partial charge in [0.1, 0.15) is 11.1 Å². The van der Waals surface area contributed by atoms with Crippen LogP contribution >= 0.6 is 15.9 Å². The number of aliphatic carboxylic acids is 1. The van der Waals surface area contributed by atoms with E-state index in [0.29, 0.717) is 24.0 Å². The van der Waals surface area contributed by atoms with E-state index in [1.807, 2.05) is 12.1 Å². The number of rotatable bonds is 3. The second-order valence-electron chi connectivity index (χ2n) is 5.39. The maximum Gasteiger partial charge on any atom is 0.329 e. The van der Waals surface area contributed by atoms with Gasteiger partial charge in [0.15, 0.2) is 5.76 Å². The van der Waals surface area contributed by atoms with Crippen molar-refractivity contribution in [1.29, 1.82) is 0 Å². The average Bonchev–Trinajstić information content (AvgIpc) is 2.71. The molecular weight excluding hydrogens is 338 g/mol. The van der Waals surface area contributed by atoms with Gasteiger partial charge in [-0.1, -0.05) is 15.9 Å². The van der Waals surface area contributed by atoms with E-state index >= 15 is 0 Å². The molecule has 1 heterocycles. The molecule has 5 nitrogen and oxygen atoms in total. The number of carboxylic acid groups (broad SMARTS) is 1. The SMILES string of the molecule is Cc1c(C(=O)NC2(C(=O)O)CCC2)oc2ccc(Br)cc12. The summed E-state index contributed by atoms with van der Waals surface area (Å²) < 4.78 is 6.48. The Bertz CT molecular complexity index is 745. The molecule has 1 aromatic heterocycles. The zero-order valence-electron chi connectivity index (χ0n) is 11.4. The largest absolute Gasteiger partial charge is 0.480 e. The maximum absolute atomic E-state index is 12.4. The number of amides is 1. The standard InChI is InChI=1S/C15H14BrNO4/c1-8-10-7-9(16)3-4-11(10)21-12(8)13(18)17-15(14(19)20)5-2-6-15/h3-4,7H,2,5-6H2,1H3,(H,17,18)(H,19,20). The van der Waals surface area contributed by atoms with Crippen molar-refractivity contribution in [3.63, 3.8) is 0 Å². The molecule has 0 spiro atoms. The fourth-order valence-corrected chi connectivity index (χ4v) is 2.97. The van der Waals surface area contributed by atoms with Crippen LogP contribution in [0.25, 0.3) is 11.0 Å². The molecule has 1 aliphatic rings. The van der Waals surface area contributed by atoms with Gasteiger partial charge in [-0.3, -0.25) is 4.79 Å². The van der Waals surface area contributed by atoms with E-state index in [1.165, 1.54) is 0 Å². The number of halogens is 1. The number of carbonyl (C=O) groups is 2. The fraction of sp³-hybridized carbons (Fsp3) is 0.333. The van der Waals surface area contributed by atoms with E-state index in [0.717, 1.165) is 16.3 Å². The summed E-state index contributed by atoms with van der Waals surface area (Å²) in [7, 11) is 0. The molecular formula is C15H14BrNO4. The molecule has 2 N–H and O–H groups in total. The Morgan fingerprint density at radius 1 is 1.38 bits per heavy atom. The van der Waals surface area contributed by atoms with Crippen molar-refractivity contribution >= 4 is 38.8 Å². The van der Waals surface area contributed by atoms with Gasteiger partial charge < -0.3 is 14.8 Å². The van der Waals surface area contributed by atoms with Crippen LogP contribution < -0.4 is 5.32 Å². The van der Waals surface area contributed by atoms with E-state index in [9.17, 15) is 14.7 Å². The van der Waals surface area contributed by atoms with Gasteiger partial charge >= 0.3 is 5.97 Å². The number of hydrogen-bond donors (Lipinski definition) is 2. The van der Waals surface area contributed by atoms with Crippen LogP contribution in [0.2, 0.25) is 0 Å². The van der Waals surface area contributed by atoms with Gasteiger partial charge in [-0.15, -0.1) is 0 Å². The van der Waals surface area contributed by atoms with Crippen LogP contribution in [0.4, 0.5) is 0 Å². The molecule has 2 aromatic rings. The minimum absolute atomic E-state index is 0.177. The lowest BCUT2D eigenvalue weighted by Gasteiger charge is -2.37. The maximum atomic E-state index is 12.4. The quantitative estimate of drug-likeness (QED) is 0.889. The molecule has 1 aromatic carbocycles. The molecule has 3 rings (SSSR count). The Morgan fingerprint density at radius 2 is 2.10 bits per heavy atom. The summed E-state index contributed by atoms with van der Waals surface area (Å²) >= 11 is 3.38. The van der Waals surface area contributed by atoms with Crippen molar-refractivity contribution < 1.29 is 19.1 Å². The normalized spacial score (nSPS) is 16.5. The van der Waals surface area contributed by atoms with E-state index in [-0.39, 0.29) is 5.76 Å². The number of carbonyl (C=O) groups excluding carboxylic acids is 1. The molecule has 6 heteroatoms. The first-order valence-corrected chi connectivity index (χ1v) is 7.47. The molecule has 1 saturated carbocycles. The second kappa shape index (κ2) is 4.87. The van der Waals surface area contributed by atoms with Crippen molar-refractivity contribution in [2.24, 2.45) is 0 Å². The number of hydrogen-bond acceptors (Lipinski definition) is 3. The van der Waals surface area contributed by atoms with Gasteiger partial charge in [0.2, 0.25) is 0 Å². The number of aryl methyl sites for hydroxylation is 1. The third-order valence-electron chi connectivity index (χ3n) is 4.07. The lowest BCUT2D eigenvalue weighted by Crippen LogP contribution is -2.59. The summed E-state index contributed by atoms with van der Waals surface area (Å²) in [6.45, 7) is 1.79. The Labute approximate surface area is 129 Å². The van der Waals surface area contributed by atoms with Crippen LogP contribution in [-0.4, -0.2) is 22.5 Å². The van der Waals surface area contributed by atoms with Gasteiger partial charge in [0.05, 0.1) is 0 Å². The Morgan fingerprint density at radius 3 is 2.67 bits per heavy atom. The van der Waals surface area contributed by atoms with Gasteiger partial charge in [-0.25, -0.2) is 4.79 Å². The molecule has 1 aliphatic carbocycles. The topological polar surface area (TPSA) is 79.5 Å². The average molecular weight is 352 g/mol. The van der Waals surface area contributed by atoms with E-state index < -0.39 is 17.4 Å². The van der Waals surface area contributed by atoms with Crippen LogP contribution in [-0.2, 0) is 4.79 Å². The molecule has 1 fully saturated rings. The van der Waals surface area contributed by atoms with E-state index in [1.54, 1.807) is 13.0 Å². The third-order valence-corrected chi connectivity index (χ3v) is 4.57. The fourth-order valence-electron chi connectivity index (χ4n) is 2.61. The molecule has 21 heavy (non-hydrogen) atoms. The summed E-state index contributed by atoms with van der Waals surface area (Å²) in [5.41, 5.74) is 0.186. The van der Waals surface area contributed by atoms with Crippen molar-refractivity contribution in [2.45, 2.75) is 31.7 Å². The van der Waals surface area contributed by atoms with Gasteiger partial charge in [0.25, 0.3) is 5.91 Å². The van der Waals surface area contributed by atoms with Gasteiger partial charge in [-0.2, -0.15) is 0 Å². The predicted molar refractivity (Wildman–Crippen MR) is 80.3 cm³/mol. The number of carboxylic acids is 1. The molecule has 0 bridgehead atoms. The number of furan rings is 1. The first kappa shape index (κ1) is 14.1. The third kappa shape index (κ3) is 2.23. The second-order valence-corrected chi connectivity index (χ2v) is 6.31. The molecule has 0 atom stereocenters. The lowest BCUT2D eigenvalue weighted by molar-refractivity contribution is -0.148. The van der Waals surface area contributed by atoms with Crippen LogP contribution in [0, 0.1) is 6.92 Å². The highest BCUT2D eigenvalue weighted by molar-refractivity contribution is 9.10. The number of benzene rings is 1. The Balaban J connectivity index is 1.95. The predicted octanol–water partition coefficient (Wildman–Crippen LogP) is 3.24. The van der Waals surface area contributed by atoms with Crippen molar-refractivity contribution in [1.82, 2.24) is 5.32 Å². The smallest absolute Gasteiger partial charge is 0.329 e.